The van der Waals surface area contributed by atoms with Gasteiger partial charge in [-0.05, 0) is 38.0 Å². The van der Waals surface area contributed by atoms with Crippen LogP contribution >= 0.6 is 0 Å². The lowest BCUT2D eigenvalue weighted by atomic mass is 10.1. The minimum atomic E-state index is -0.0549. The molecule has 0 fully saturated rings. The summed E-state index contributed by atoms with van der Waals surface area (Å²) in [5.41, 5.74) is 5.09. The predicted molar refractivity (Wildman–Crippen MR) is 99.6 cm³/mol. The number of aromatic nitrogens is 3. The van der Waals surface area contributed by atoms with Gasteiger partial charge in [0.2, 0.25) is 5.91 Å². The Morgan fingerprint density at radius 1 is 1.19 bits per heavy atom. The second-order valence-corrected chi connectivity index (χ2v) is 6.54. The van der Waals surface area contributed by atoms with E-state index in [2.05, 4.69) is 15.5 Å². The number of carbonyl (C=O) groups is 1. The molecule has 2 heterocycles. The van der Waals surface area contributed by atoms with Crippen molar-refractivity contribution in [3.8, 4) is 11.6 Å². The fourth-order valence-corrected chi connectivity index (χ4v) is 2.94. The highest BCUT2D eigenvalue weighted by Crippen LogP contribution is 2.25. The molecule has 0 saturated heterocycles. The molecule has 0 aliphatic carbocycles. The molecule has 6 nitrogen and oxygen atoms in total. The van der Waals surface area contributed by atoms with Gasteiger partial charge in [-0.25, -0.2) is 0 Å². The van der Waals surface area contributed by atoms with E-state index in [0.29, 0.717) is 24.7 Å². The third kappa shape index (κ3) is 3.85. The number of hydrogen-bond donors (Lipinski definition) is 1. The molecule has 0 radical (unpaired) electrons. The average molecular weight is 352 g/mol. The third-order valence-corrected chi connectivity index (χ3v) is 4.39. The molecule has 136 valence electrons. The van der Waals surface area contributed by atoms with Gasteiger partial charge in [0.1, 0.15) is 12.2 Å². The molecule has 0 spiro atoms. The van der Waals surface area contributed by atoms with Gasteiger partial charge in [-0.3, -0.25) is 4.79 Å². The lowest BCUT2D eigenvalue weighted by Gasteiger charge is -2.11. The molecule has 1 amide bonds. The second kappa shape index (κ2) is 7.56. The molecule has 3 aromatic rings. The van der Waals surface area contributed by atoms with E-state index in [4.69, 9.17) is 4.52 Å². The van der Waals surface area contributed by atoms with Crippen molar-refractivity contribution < 1.29 is 9.32 Å². The van der Waals surface area contributed by atoms with Gasteiger partial charge in [0.05, 0.1) is 0 Å². The summed E-state index contributed by atoms with van der Waals surface area (Å²) < 4.78 is 7.31. The highest BCUT2D eigenvalue weighted by Gasteiger charge is 2.19. The van der Waals surface area contributed by atoms with Crippen LogP contribution in [-0.4, -0.2) is 20.6 Å². The van der Waals surface area contributed by atoms with Crippen LogP contribution in [0.25, 0.3) is 11.6 Å². The SMILES string of the molecule is CCc1noc(-c2c(C)cc(C)n2CC(=O)NCc2ccc(C)cc2)n1. The van der Waals surface area contributed by atoms with Gasteiger partial charge in [-0.1, -0.05) is 41.9 Å². The van der Waals surface area contributed by atoms with Crippen molar-refractivity contribution in [2.45, 2.75) is 47.2 Å². The minimum absolute atomic E-state index is 0.0549. The Kier molecular flexibility index (Phi) is 5.21. The first-order chi connectivity index (χ1) is 12.5. The van der Waals surface area contributed by atoms with Crippen LogP contribution in [0.2, 0.25) is 0 Å². The Bertz CT molecular complexity index is 907. The molecule has 0 atom stereocenters. The normalized spacial score (nSPS) is 10.9. The highest BCUT2D eigenvalue weighted by atomic mass is 16.5. The van der Waals surface area contributed by atoms with Crippen molar-refractivity contribution in [2.75, 3.05) is 0 Å². The monoisotopic (exact) mass is 352 g/mol. The van der Waals surface area contributed by atoms with Crippen LogP contribution < -0.4 is 5.32 Å². The van der Waals surface area contributed by atoms with Gasteiger partial charge in [-0.2, -0.15) is 4.98 Å². The molecular weight excluding hydrogens is 328 g/mol. The lowest BCUT2D eigenvalue weighted by Crippen LogP contribution is -2.27. The standard InChI is InChI=1S/C20H24N4O2/c1-5-17-22-20(26-23-17)19-14(3)10-15(4)24(19)12-18(25)21-11-16-8-6-13(2)7-9-16/h6-10H,5,11-12H2,1-4H3,(H,21,25). The molecule has 6 heteroatoms. The number of hydrogen-bond acceptors (Lipinski definition) is 4. The van der Waals surface area contributed by atoms with Crippen LogP contribution in [-0.2, 0) is 24.3 Å². The Labute approximate surface area is 153 Å². The zero-order valence-corrected chi connectivity index (χ0v) is 15.7. The smallest absolute Gasteiger partial charge is 0.274 e. The van der Waals surface area contributed by atoms with Crippen LogP contribution in [0.3, 0.4) is 0 Å². The first-order valence-electron chi connectivity index (χ1n) is 8.80. The van der Waals surface area contributed by atoms with Gasteiger partial charge in [0.25, 0.3) is 5.89 Å². The largest absolute Gasteiger partial charge is 0.350 e. The highest BCUT2D eigenvalue weighted by molar-refractivity contribution is 5.77. The second-order valence-electron chi connectivity index (χ2n) is 6.54. The van der Waals surface area contributed by atoms with Crippen LogP contribution in [0.5, 0.6) is 0 Å². The van der Waals surface area contributed by atoms with Crippen molar-refractivity contribution in [3.05, 3.63) is 58.5 Å². The van der Waals surface area contributed by atoms with Crippen LogP contribution in [0.1, 0.15) is 35.1 Å². The average Bonchev–Trinajstić information content (AvgIpc) is 3.19. The number of aryl methyl sites for hydroxylation is 4. The van der Waals surface area contributed by atoms with Crippen LogP contribution in [0.4, 0.5) is 0 Å². The van der Waals surface area contributed by atoms with E-state index in [1.807, 2.05) is 62.6 Å². The van der Waals surface area contributed by atoms with Crippen molar-refractivity contribution in [2.24, 2.45) is 0 Å². The summed E-state index contributed by atoms with van der Waals surface area (Å²) in [5.74, 6) is 1.06. The maximum absolute atomic E-state index is 12.5. The molecule has 1 aromatic carbocycles. The fraction of sp³-hybridized carbons (Fsp3) is 0.350. The van der Waals surface area contributed by atoms with Crippen LogP contribution in [0.15, 0.2) is 34.9 Å². The van der Waals surface area contributed by atoms with Gasteiger partial charge >= 0.3 is 0 Å². The fourth-order valence-electron chi connectivity index (χ4n) is 2.94. The van der Waals surface area contributed by atoms with Gasteiger partial charge in [0.15, 0.2) is 5.82 Å². The molecule has 3 rings (SSSR count). The zero-order valence-electron chi connectivity index (χ0n) is 15.7. The topological polar surface area (TPSA) is 73.0 Å². The molecule has 2 aromatic heterocycles. The first-order valence-corrected chi connectivity index (χ1v) is 8.80. The van der Waals surface area contributed by atoms with Crippen molar-refractivity contribution in [1.29, 1.82) is 0 Å². The minimum Gasteiger partial charge on any atom is -0.350 e. The summed E-state index contributed by atoms with van der Waals surface area (Å²) >= 11 is 0. The Morgan fingerprint density at radius 3 is 2.58 bits per heavy atom. The number of carbonyl (C=O) groups excluding carboxylic acids is 1. The van der Waals surface area contributed by atoms with Gasteiger partial charge in [0, 0.05) is 18.7 Å². The quantitative estimate of drug-likeness (QED) is 0.738. The molecule has 0 unspecified atom stereocenters. The maximum Gasteiger partial charge on any atom is 0.274 e. The molecule has 0 saturated carbocycles. The third-order valence-electron chi connectivity index (χ3n) is 4.39. The molecule has 26 heavy (non-hydrogen) atoms. The molecule has 0 aliphatic rings. The number of rotatable bonds is 6. The van der Waals surface area contributed by atoms with Gasteiger partial charge in [-0.15, -0.1) is 0 Å². The lowest BCUT2D eigenvalue weighted by molar-refractivity contribution is -0.121. The summed E-state index contributed by atoms with van der Waals surface area (Å²) in [6, 6.07) is 10.2. The molecule has 0 aliphatic heterocycles. The summed E-state index contributed by atoms with van der Waals surface area (Å²) in [6.07, 6.45) is 0.708. The zero-order chi connectivity index (χ0) is 18.7. The van der Waals surface area contributed by atoms with E-state index in [-0.39, 0.29) is 12.5 Å². The Balaban J connectivity index is 1.74. The van der Waals surface area contributed by atoms with Crippen molar-refractivity contribution in [1.82, 2.24) is 20.0 Å². The predicted octanol–water partition coefficient (Wildman–Crippen LogP) is 3.34. The van der Waals surface area contributed by atoms with E-state index in [9.17, 15) is 4.79 Å². The maximum atomic E-state index is 12.5. The Morgan fingerprint density at radius 2 is 1.92 bits per heavy atom. The van der Waals surface area contributed by atoms with Crippen LogP contribution in [0, 0.1) is 20.8 Å². The Hall–Kier alpha value is -2.89. The number of benzene rings is 1. The van der Waals surface area contributed by atoms with E-state index in [1.165, 1.54) is 5.56 Å². The first kappa shape index (κ1) is 17.9. The van der Waals surface area contributed by atoms with E-state index in [0.717, 1.165) is 22.5 Å². The van der Waals surface area contributed by atoms with Crippen molar-refractivity contribution in [3.63, 3.8) is 0 Å². The summed E-state index contributed by atoms with van der Waals surface area (Å²) in [5, 5.41) is 6.94. The molecule has 1 N–H and O–H groups in total. The van der Waals surface area contributed by atoms with E-state index < -0.39 is 0 Å². The summed E-state index contributed by atoms with van der Waals surface area (Å²) in [4.78, 5) is 16.9. The summed E-state index contributed by atoms with van der Waals surface area (Å²) in [7, 11) is 0. The molecular formula is C20H24N4O2. The van der Waals surface area contributed by atoms with E-state index >= 15 is 0 Å². The van der Waals surface area contributed by atoms with Crippen molar-refractivity contribution >= 4 is 5.91 Å². The van der Waals surface area contributed by atoms with Gasteiger partial charge < -0.3 is 14.4 Å². The van der Waals surface area contributed by atoms with E-state index in [1.54, 1.807) is 0 Å². The molecule has 0 bridgehead atoms. The number of amides is 1. The number of nitrogens with one attached hydrogen (secondary N) is 1. The number of nitrogens with zero attached hydrogens (tertiary/aromatic N) is 3. The summed E-state index contributed by atoms with van der Waals surface area (Å²) in [6.45, 7) is 8.70.